The number of hydrogen-bond acceptors (Lipinski definition) is 30. The maximum absolute atomic E-state index is 11.0. The van der Waals surface area contributed by atoms with Crippen LogP contribution in [-0.4, -0.2) is 259 Å². The van der Waals surface area contributed by atoms with Crippen LogP contribution < -0.4 is 76.8 Å². The summed E-state index contributed by atoms with van der Waals surface area (Å²) in [6, 6.07) is 29.2. The summed E-state index contributed by atoms with van der Waals surface area (Å²) in [6.07, 6.45) is 5.82. The van der Waals surface area contributed by atoms with Gasteiger partial charge in [0, 0.05) is 155 Å². The molecule has 0 bridgehead atoms. The molecule has 0 spiro atoms. The molecule has 0 atom stereocenters. The number of rotatable bonds is 30. The predicted octanol–water partition coefficient (Wildman–Crippen LogP) is 1.50. The van der Waals surface area contributed by atoms with Crippen molar-refractivity contribution < 1.29 is 130 Å². The second-order valence-electron chi connectivity index (χ2n) is 23.7. The molecule has 0 heterocycles. The van der Waals surface area contributed by atoms with Gasteiger partial charge in [-0.3, -0.25) is 45.5 Å². The number of aryl methyl sites for hydroxylation is 5. The molecule has 55 heteroatoms. The summed E-state index contributed by atoms with van der Waals surface area (Å²) in [5.74, 6) is 0. The van der Waals surface area contributed by atoms with Gasteiger partial charge in [0.1, 0.15) is 0 Å². The fraction of sp³-hybridized carbons (Fsp3) is 0.500. The van der Waals surface area contributed by atoms with Gasteiger partial charge in [0.25, 0.3) is 0 Å². The first-order chi connectivity index (χ1) is 51.7. The van der Waals surface area contributed by atoms with Crippen LogP contribution in [0.25, 0.3) is 0 Å². The molecule has 0 fully saturated rings. The zero-order valence-corrected chi connectivity index (χ0v) is 74.3. The first-order valence-electron chi connectivity index (χ1n) is 32.9. The molecule has 0 radical (unpaired) electrons. The molecule has 5 rings (SSSR count). The zero-order chi connectivity index (χ0) is 91.3. The molecule has 5 aromatic rings. The van der Waals surface area contributed by atoms with Crippen LogP contribution >= 0.6 is 0 Å². The van der Waals surface area contributed by atoms with Gasteiger partial charge >= 0.3 is 52.0 Å². The van der Waals surface area contributed by atoms with Gasteiger partial charge in [0.15, 0.2) is 0 Å². The average molecular weight is 1850 g/mol. The normalized spacial score (nSPS) is 11.5. The number of nitrogens with zero attached hydrogens (tertiary/aromatic N) is 5. The van der Waals surface area contributed by atoms with Gasteiger partial charge in [-0.05, 0) is 188 Å². The summed E-state index contributed by atoms with van der Waals surface area (Å²) in [5.41, 5.74) is 43.1. The lowest BCUT2D eigenvalue weighted by Crippen LogP contribution is -2.34. The Labute approximate surface area is 678 Å². The van der Waals surface area contributed by atoms with Gasteiger partial charge in [-0.2, -0.15) is 42.1 Å². The van der Waals surface area contributed by atoms with Crippen molar-refractivity contribution in [2.24, 2.45) is 0 Å². The number of anilines is 10. The van der Waals surface area contributed by atoms with Crippen molar-refractivity contribution in [1.29, 1.82) is 0 Å². The Morgan fingerprint density at radius 2 is 0.348 bits per heavy atom. The van der Waals surface area contributed by atoms with Crippen molar-refractivity contribution in [2.75, 3.05) is 183 Å². The van der Waals surface area contributed by atoms with Crippen LogP contribution in [0.15, 0.2) is 91.0 Å². The molecule has 0 saturated heterocycles. The minimum atomic E-state index is -4.67. The Morgan fingerprint density at radius 3 is 0.426 bits per heavy atom. The third-order valence-electron chi connectivity index (χ3n) is 13.7. The molecule has 0 unspecified atom stereocenters. The quantitative estimate of drug-likeness (QED) is 0.0229. The summed E-state index contributed by atoms with van der Waals surface area (Å²) in [7, 11) is -38.9. The minimum Gasteiger partial charge on any atom is -0.399 e. The van der Waals surface area contributed by atoms with Crippen molar-refractivity contribution in [3.05, 3.63) is 119 Å². The van der Waals surface area contributed by atoms with E-state index >= 15 is 0 Å². The van der Waals surface area contributed by atoms with E-state index in [2.05, 4.69) is 48.1 Å². The van der Waals surface area contributed by atoms with Crippen molar-refractivity contribution in [2.45, 2.75) is 69.2 Å². The average Bonchev–Trinajstić information content (AvgIpc) is 0.883. The van der Waals surface area contributed by atoms with Crippen LogP contribution in [0, 0.1) is 34.6 Å². The molecule has 0 aliphatic carbocycles. The third kappa shape index (κ3) is 78.0. The Balaban J connectivity index is -0.000000407. The standard InChI is InChI=1S/5C12H21N3O2S.5H2O4S/c5*1-4-15(8-7-14-18(3,16)17)11-5-6-12(13)10(2)9-11;5*1-5(2,3)4/h5*5-6,9,14H,4,7-8,13H2,1-3H3;5*(H2,1,2,3,4). The monoisotopic (exact) mass is 1850 g/mol. The molecular weight excluding hydrogens is 1730 g/mol. The van der Waals surface area contributed by atoms with Crippen molar-refractivity contribution in [1.82, 2.24) is 23.6 Å². The zero-order valence-electron chi connectivity index (χ0n) is 66.1. The van der Waals surface area contributed by atoms with E-state index in [0.717, 1.165) is 149 Å². The summed E-state index contributed by atoms with van der Waals surface area (Å²) in [4.78, 5) is 10.5. The molecule has 0 saturated carbocycles. The van der Waals surface area contributed by atoms with Crippen LogP contribution in [0.4, 0.5) is 56.9 Å². The highest BCUT2D eigenvalue weighted by Gasteiger charge is 2.13. The van der Waals surface area contributed by atoms with Crippen molar-refractivity contribution in [3.63, 3.8) is 0 Å². The highest BCUT2D eigenvalue weighted by atomic mass is 32.3. The molecule has 0 aliphatic rings. The SMILES string of the molecule is CCN(CCNS(C)(=O)=O)c1ccc(N)c(C)c1.CCN(CCNS(C)(=O)=O)c1ccc(N)c(C)c1.CCN(CCNS(C)(=O)=O)c1ccc(N)c(C)c1.CCN(CCNS(C)(=O)=O)c1ccc(N)c(C)c1.CCN(CCNS(C)(=O)=O)c1ccc(N)c(C)c1.O=S(=O)(O)O.O=S(=O)(O)O.O=S(=O)(O)O.O=S(=O)(O)O.O=S(=O)(O)O. The lowest BCUT2D eigenvalue weighted by Gasteiger charge is -2.23. The fourth-order valence-electron chi connectivity index (χ4n) is 8.46. The summed E-state index contributed by atoms with van der Waals surface area (Å²) in [6.45, 7) is 29.2. The number of likely N-dealkylation sites (N-methyl/N-ethyl adjacent to an activating group) is 5. The highest BCUT2D eigenvalue weighted by Crippen LogP contribution is 2.24. The topological polar surface area (TPSA) is 750 Å². The summed E-state index contributed by atoms with van der Waals surface area (Å²) in [5, 5.41) is 0. The lowest BCUT2D eigenvalue weighted by atomic mass is 10.1. The van der Waals surface area contributed by atoms with Crippen LogP contribution in [-0.2, 0) is 102 Å². The highest BCUT2D eigenvalue weighted by molar-refractivity contribution is 7.89. The van der Waals surface area contributed by atoms with Crippen LogP contribution in [0.5, 0.6) is 0 Å². The fourth-order valence-corrected chi connectivity index (χ4v) is 10.8. The van der Waals surface area contributed by atoms with E-state index in [9.17, 15) is 42.1 Å². The van der Waals surface area contributed by atoms with Crippen molar-refractivity contribution in [3.8, 4) is 0 Å². The maximum atomic E-state index is 11.0. The molecule has 670 valence electrons. The number of nitrogens with one attached hydrogen (secondary N) is 5. The van der Waals surface area contributed by atoms with Gasteiger partial charge in [0.2, 0.25) is 50.1 Å². The van der Waals surface area contributed by atoms with E-state index in [1.807, 2.05) is 160 Å². The maximum Gasteiger partial charge on any atom is 0.394 e. The van der Waals surface area contributed by atoms with Gasteiger partial charge in [-0.1, -0.05) is 0 Å². The smallest absolute Gasteiger partial charge is 0.394 e. The van der Waals surface area contributed by atoms with Crippen molar-refractivity contribution >= 4 is 159 Å². The van der Waals surface area contributed by atoms with Gasteiger partial charge in [-0.25, -0.2) is 65.7 Å². The van der Waals surface area contributed by atoms with Crippen LogP contribution in [0.3, 0.4) is 0 Å². The number of nitrogens with two attached hydrogens (primary N) is 5. The molecule has 25 N–H and O–H groups in total. The molecule has 115 heavy (non-hydrogen) atoms. The van der Waals surface area contributed by atoms with Crippen LogP contribution in [0.1, 0.15) is 62.4 Å². The van der Waals surface area contributed by atoms with Gasteiger partial charge < -0.3 is 53.2 Å². The largest absolute Gasteiger partial charge is 0.399 e. The molecule has 0 amide bonds. The summed E-state index contributed by atoms with van der Waals surface area (Å²) < 4.78 is 280. The first-order valence-corrected chi connectivity index (χ1v) is 49.4. The second-order valence-corrected chi connectivity index (χ2v) is 37.3. The van der Waals surface area contributed by atoms with Crippen LogP contribution in [0.2, 0.25) is 0 Å². The Bertz CT molecular complexity index is 4190. The van der Waals surface area contributed by atoms with E-state index in [0.29, 0.717) is 65.4 Å². The molecule has 5 aromatic carbocycles. The van der Waals surface area contributed by atoms with Gasteiger partial charge in [0.05, 0.1) is 31.3 Å². The van der Waals surface area contributed by atoms with E-state index in [1.54, 1.807) is 0 Å². The molecule has 45 nitrogen and oxygen atoms in total. The number of nitrogen functional groups attached to an aromatic ring is 5. The molecule has 0 aliphatic heterocycles. The Kier molecular flexibility index (Phi) is 55.6. The first kappa shape index (κ1) is 117. The predicted molar refractivity (Wildman–Crippen MR) is 453 cm³/mol. The lowest BCUT2D eigenvalue weighted by molar-refractivity contribution is 0.378. The van der Waals surface area contributed by atoms with E-state index in [1.165, 1.54) is 0 Å². The van der Waals surface area contributed by atoms with E-state index < -0.39 is 102 Å². The minimum absolute atomic E-state index is 0.399. The number of hydrogen-bond donors (Lipinski definition) is 20. The summed E-state index contributed by atoms with van der Waals surface area (Å²) >= 11 is 0. The second kappa shape index (κ2) is 54.9. The number of sulfonamides is 5. The Hall–Kier alpha value is -7.00. The third-order valence-corrected chi connectivity index (χ3v) is 17.4. The van der Waals surface area contributed by atoms with E-state index in [4.69, 9.17) is 116 Å². The van der Waals surface area contributed by atoms with E-state index in [-0.39, 0.29) is 0 Å². The van der Waals surface area contributed by atoms with Gasteiger partial charge in [-0.15, -0.1) is 0 Å². The Morgan fingerprint density at radius 1 is 0.243 bits per heavy atom. The molecule has 0 aromatic heterocycles. The number of benzene rings is 5. The molecular formula is C60H115N15O30S10.